The summed E-state index contributed by atoms with van der Waals surface area (Å²) in [7, 11) is 4.02. The molecule has 1 aromatic carbocycles. The Morgan fingerprint density at radius 1 is 1.05 bits per heavy atom. The average Bonchev–Trinajstić information content (AvgIpc) is 3.53. The van der Waals surface area contributed by atoms with Gasteiger partial charge in [0, 0.05) is 42.5 Å². The molecule has 5 heterocycles. The molecule has 39 heavy (non-hydrogen) atoms. The molecule has 1 unspecified atom stereocenters. The summed E-state index contributed by atoms with van der Waals surface area (Å²) >= 11 is 12.5. The molecule has 0 bridgehead atoms. The fourth-order valence-electron chi connectivity index (χ4n) is 4.37. The van der Waals surface area contributed by atoms with Crippen molar-refractivity contribution >= 4 is 62.1 Å². The minimum Gasteiger partial charge on any atom is -0.364 e. The molecule has 3 N–H and O–H groups in total. The SMILES string of the molecule is CN(C)CCOC(c1ccc2ncc(Cl)cc2c1)c1nc2ncnc(NCc3cnc4[nH]cc(Cl)c4c3)c2[nH]1. The van der Waals surface area contributed by atoms with Gasteiger partial charge >= 0.3 is 0 Å². The van der Waals surface area contributed by atoms with Crippen LogP contribution in [0, 0.1) is 0 Å². The summed E-state index contributed by atoms with van der Waals surface area (Å²) in [5.41, 5.74) is 4.71. The molecule has 0 radical (unpaired) electrons. The molecule has 6 rings (SSSR count). The normalized spacial score (nSPS) is 12.6. The van der Waals surface area contributed by atoms with E-state index in [0.717, 1.165) is 39.6 Å². The van der Waals surface area contributed by atoms with E-state index in [1.54, 1.807) is 18.6 Å². The van der Waals surface area contributed by atoms with Crippen molar-refractivity contribution < 1.29 is 4.74 Å². The molecule has 0 spiro atoms. The number of imidazole rings is 1. The number of hydrogen-bond acceptors (Lipinski definition) is 8. The maximum absolute atomic E-state index is 6.37. The van der Waals surface area contributed by atoms with Gasteiger partial charge in [0.25, 0.3) is 0 Å². The van der Waals surface area contributed by atoms with Crippen molar-refractivity contribution in [3.63, 3.8) is 0 Å². The van der Waals surface area contributed by atoms with Gasteiger partial charge in [-0.2, -0.15) is 0 Å². The van der Waals surface area contributed by atoms with E-state index in [4.69, 9.17) is 32.9 Å². The van der Waals surface area contributed by atoms with Gasteiger partial charge in [-0.1, -0.05) is 29.3 Å². The van der Waals surface area contributed by atoms with E-state index in [0.29, 0.717) is 46.0 Å². The third-order valence-electron chi connectivity index (χ3n) is 6.35. The molecule has 10 nitrogen and oxygen atoms in total. The molecule has 0 saturated heterocycles. The summed E-state index contributed by atoms with van der Waals surface area (Å²) in [6.07, 6.45) is 6.20. The first-order valence-electron chi connectivity index (χ1n) is 12.3. The molecule has 0 aliphatic rings. The van der Waals surface area contributed by atoms with Crippen molar-refractivity contribution in [3.8, 4) is 0 Å². The maximum atomic E-state index is 6.37. The monoisotopic (exact) mass is 561 g/mol. The van der Waals surface area contributed by atoms with Crippen molar-refractivity contribution in [2.75, 3.05) is 32.6 Å². The Labute approximate surface area is 233 Å². The van der Waals surface area contributed by atoms with E-state index in [-0.39, 0.29) is 0 Å². The number of H-pyrrole nitrogens is 2. The number of rotatable bonds is 9. The quantitative estimate of drug-likeness (QED) is 0.215. The van der Waals surface area contributed by atoms with Crippen LogP contribution in [-0.2, 0) is 11.3 Å². The lowest BCUT2D eigenvalue weighted by Gasteiger charge is -2.18. The smallest absolute Gasteiger partial charge is 0.183 e. The number of fused-ring (bicyclic) bond motifs is 3. The third kappa shape index (κ3) is 5.37. The lowest BCUT2D eigenvalue weighted by Crippen LogP contribution is -2.20. The Morgan fingerprint density at radius 2 is 1.95 bits per heavy atom. The zero-order valence-electron chi connectivity index (χ0n) is 21.2. The second kappa shape index (κ2) is 10.7. The molecule has 0 saturated carbocycles. The van der Waals surface area contributed by atoms with Gasteiger partial charge in [-0.25, -0.2) is 19.9 Å². The van der Waals surface area contributed by atoms with Crippen LogP contribution in [0.5, 0.6) is 0 Å². The summed E-state index contributed by atoms with van der Waals surface area (Å²) in [5.74, 6) is 1.25. The number of aromatic amines is 2. The minimum atomic E-state index is -0.460. The molecule has 0 aliphatic carbocycles. The van der Waals surface area contributed by atoms with E-state index in [1.807, 2.05) is 44.4 Å². The molecule has 0 amide bonds. The third-order valence-corrected chi connectivity index (χ3v) is 6.87. The summed E-state index contributed by atoms with van der Waals surface area (Å²) in [6.45, 7) is 1.76. The lowest BCUT2D eigenvalue weighted by molar-refractivity contribution is 0.0642. The second-order valence-electron chi connectivity index (χ2n) is 9.43. The zero-order valence-corrected chi connectivity index (χ0v) is 22.8. The van der Waals surface area contributed by atoms with Gasteiger partial charge in [0.1, 0.15) is 29.4 Å². The van der Waals surface area contributed by atoms with E-state index >= 15 is 0 Å². The lowest BCUT2D eigenvalue weighted by atomic mass is 10.1. The molecule has 0 fully saturated rings. The van der Waals surface area contributed by atoms with Crippen LogP contribution in [0.4, 0.5) is 5.82 Å². The van der Waals surface area contributed by atoms with Crippen LogP contribution in [0.3, 0.4) is 0 Å². The van der Waals surface area contributed by atoms with Gasteiger partial charge in [0.2, 0.25) is 0 Å². The van der Waals surface area contributed by atoms with Gasteiger partial charge in [-0.15, -0.1) is 0 Å². The zero-order chi connectivity index (χ0) is 26.9. The number of hydrogen-bond donors (Lipinski definition) is 3. The second-order valence-corrected chi connectivity index (χ2v) is 10.3. The Bertz CT molecular complexity index is 1780. The van der Waals surface area contributed by atoms with Crippen molar-refractivity contribution in [3.05, 3.63) is 82.2 Å². The highest BCUT2D eigenvalue weighted by Gasteiger charge is 2.22. The van der Waals surface area contributed by atoms with Crippen LogP contribution in [-0.4, -0.2) is 67.0 Å². The van der Waals surface area contributed by atoms with Crippen molar-refractivity contribution in [1.82, 2.24) is 39.8 Å². The Balaban J connectivity index is 1.32. The van der Waals surface area contributed by atoms with Gasteiger partial charge in [-0.3, -0.25) is 4.98 Å². The number of nitrogens with zero attached hydrogens (tertiary/aromatic N) is 6. The van der Waals surface area contributed by atoms with Crippen LogP contribution in [0.25, 0.3) is 33.1 Å². The summed E-state index contributed by atoms with van der Waals surface area (Å²) < 4.78 is 6.37. The predicted molar refractivity (Wildman–Crippen MR) is 153 cm³/mol. The topological polar surface area (TPSA) is 121 Å². The van der Waals surface area contributed by atoms with Gasteiger partial charge in [0.15, 0.2) is 11.5 Å². The Morgan fingerprint density at radius 3 is 2.82 bits per heavy atom. The average molecular weight is 562 g/mol. The van der Waals surface area contributed by atoms with E-state index in [2.05, 4.69) is 40.1 Å². The van der Waals surface area contributed by atoms with Crippen LogP contribution in [0.1, 0.15) is 23.1 Å². The van der Waals surface area contributed by atoms with Crippen LogP contribution in [0.15, 0.2) is 55.2 Å². The number of ether oxygens (including phenoxy) is 1. The number of anilines is 1. The summed E-state index contributed by atoms with van der Waals surface area (Å²) in [6, 6.07) is 9.88. The number of aromatic nitrogens is 7. The van der Waals surface area contributed by atoms with Crippen LogP contribution >= 0.6 is 23.2 Å². The summed E-state index contributed by atoms with van der Waals surface area (Å²) in [4.78, 5) is 31.0. The van der Waals surface area contributed by atoms with E-state index in [1.165, 1.54) is 6.33 Å². The maximum Gasteiger partial charge on any atom is 0.183 e. The number of nitrogens with one attached hydrogen (secondary N) is 3. The van der Waals surface area contributed by atoms with Gasteiger partial charge in [0.05, 0.1) is 22.2 Å². The first kappa shape index (κ1) is 25.4. The fraction of sp³-hybridized carbons (Fsp3) is 0.222. The molecular weight excluding hydrogens is 537 g/mol. The van der Waals surface area contributed by atoms with Crippen molar-refractivity contribution in [2.24, 2.45) is 0 Å². The standard InChI is InChI=1S/C27H25Cl2N9O/c1-38(2)5-6-39-23(16-3-4-21-17(8-16)9-18(28)12-30-21)27-36-22-25(34-14-35-26(22)37-27)32-11-15-7-19-20(29)13-33-24(19)31-10-15/h3-4,7-10,12-14,23H,5-6,11H2,1-2H3,(H,31,33)(H2,32,34,35,36,37). The van der Waals surface area contributed by atoms with E-state index < -0.39 is 6.10 Å². The number of pyridine rings is 2. The molecule has 12 heteroatoms. The van der Waals surface area contributed by atoms with Crippen LogP contribution < -0.4 is 5.32 Å². The number of benzene rings is 1. The number of halogens is 2. The van der Waals surface area contributed by atoms with Gasteiger partial charge in [-0.05, 0) is 49.5 Å². The van der Waals surface area contributed by atoms with Crippen LogP contribution in [0.2, 0.25) is 10.0 Å². The Kier molecular flexibility index (Phi) is 7.01. The van der Waals surface area contributed by atoms with Crippen molar-refractivity contribution in [2.45, 2.75) is 12.6 Å². The highest BCUT2D eigenvalue weighted by Crippen LogP contribution is 2.30. The summed E-state index contributed by atoms with van der Waals surface area (Å²) in [5, 5.41) is 6.38. The molecule has 0 aliphatic heterocycles. The largest absolute Gasteiger partial charge is 0.364 e. The van der Waals surface area contributed by atoms with E-state index in [9.17, 15) is 0 Å². The molecule has 198 valence electrons. The molecule has 6 aromatic rings. The Hall–Kier alpha value is -3.83. The fourth-order valence-corrected chi connectivity index (χ4v) is 4.74. The molecular formula is C27H25Cl2N9O. The molecule has 5 aromatic heterocycles. The first-order valence-corrected chi connectivity index (χ1v) is 13.1. The highest BCUT2D eigenvalue weighted by atomic mass is 35.5. The minimum absolute atomic E-state index is 0.460. The predicted octanol–water partition coefficient (Wildman–Crippen LogP) is 5.36. The van der Waals surface area contributed by atoms with Gasteiger partial charge < -0.3 is 24.9 Å². The van der Waals surface area contributed by atoms with Crippen molar-refractivity contribution in [1.29, 1.82) is 0 Å². The first-order chi connectivity index (χ1) is 18.9. The number of likely N-dealkylation sites (N-methyl/N-ethyl adjacent to an activating group) is 1. The molecule has 1 atom stereocenters. The highest BCUT2D eigenvalue weighted by molar-refractivity contribution is 6.35.